The third kappa shape index (κ3) is 3.05. The van der Waals surface area contributed by atoms with E-state index in [1.165, 1.54) is 6.42 Å². The Hall–Kier alpha value is -3.15. The Morgan fingerprint density at radius 1 is 1.04 bits per heavy atom. The number of ether oxygens (including phenoxy) is 1. The topological polar surface area (TPSA) is 66.9 Å². The second kappa shape index (κ2) is 7.46. The molecule has 0 atom stereocenters. The summed E-state index contributed by atoms with van der Waals surface area (Å²) >= 11 is 0. The zero-order valence-electron chi connectivity index (χ0n) is 15.6. The number of nitrogens with zero attached hydrogens (tertiary/aromatic N) is 2. The van der Waals surface area contributed by atoms with Crippen molar-refractivity contribution in [3.63, 3.8) is 0 Å². The van der Waals surface area contributed by atoms with Crippen molar-refractivity contribution in [2.24, 2.45) is 0 Å². The Morgan fingerprint density at radius 3 is 2.46 bits per heavy atom. The molecule has 2 amide bonds. The summed E-state index contributed by atoms with van der Waals surface area (Å²) in [4.78, 5) is 40.7. The normalized spacial score (nSPS) is 16.4. The van der Waals surface area contributed by atoms with Gasteiger partial charge in [-0.1, -0.05) is 18.7 Å². The van der Waals surface area contributed by atoms with Crippen LogP contribution in [0.1, 0.15) is 40.0 Å². The van der Waals surface area contributed by atoms with E-state index < -0.39 is 5.97 Å². The maximum Gasteiger partial charge on any atom is 0.330 e. The van der Waals surface area contributed by atoms with E-state index in [1.807, 2.05) is 24.3 Å². The zero-order valence-corrected chi connectivity index (χ0v) is 15.6. The molecule has 0 radical (unpaired) electrons. The molecule has 0 aromatic heterocycles. The summed E-state index contributed by atoms with van der Waals surface area (Å²) in [5, 5.41) is 1.66. The molecule has 2 aromatic carbocycles. The fourth-order valence-electron chi connectivity index (χ4n) is 4.04. The predicted molar refractivity (Wildman–Crippen MR) is 107 cm³/mol. The second-order valence-electron chi connectivity index (χ2n) is 7.04. The molecular weight excluding hydrogens is 356 g/mol. The third-order valence-electron chi connectivity index (χ3n) is 5.39. The van der Waals surface area contributed by atoms with E-state index >= 15 is 0 Å². The summed E-state index contributed by atoms with van der Waals surface area (Å²) in [5.74, 6) is -1.28. The molecule has 0 unspecified atom stereocenters. The van der Waals surface area contributed by atoms with Crippen LogP contribution in [0.4, 0.5) is 5.69 Å². The number of piperidine rings is 1. The Bertz CT molecular complexity index is 954. The highest BCUT2D eigenvalue weighted by Gasteiger charge is 2.33. The number of hydrogen-bond acceptors (Lipinski definition) is 5. The summed E-state index contributed by atoms with van der Waals surface area (Å²) < 4.78 is 4.94. The van der Waals surface area contributed by atoms with Gasteiger partial charge in [-0.15, -0.1) is 0 Å². The molecule has 6 heteroatoms. The highest BCUT2D eigenvalue weighted by Crippen LogP contribution is 2.36. The number of esters is 1. The lowest BCUT2D eigenvalue weighted by Crippen LogP contribution is -2.42. The van der Waals surface area contributed by atoms with Crippen molar-refractivity contribution >= 4 is 34.2 Å². The fourth-order valence-corrected chi connectivity index (χ4v) is 4.04. The van der Waals surface area contributed by atoms with Gasteiger partial charge in [-0.05, 0) is 37.5 Å². The number of benzene rings is 2. The molecule has 2 aliphatic heterocycles. The molecule has 28 heavy (non-hydrogen) atoms. The van der Waals surface area contributed by atoms with Crippen LogP contribution in [-0.2, 0) is 9.53 Å². The van der Waals surface area contributed by atoms with Crippen molar-refractivity contribution in [2.75, 3.05) is 31.1 Å². The maximum absolute atomic E-state index is 13.0. The van der Waals surface area contributed by atoms with Gasteiger partial charge >= 0.3 is 5.97 Å². The lowest BCUT2D eigenvalue weighted by atomic mass is 9.92. The van der Waals surface area contributed by atoms with Gasteiger partial charge in [-0.2, -0.15) is 0 Å². The van der Waals surface area contributed by atoms with Crippen LogP contribution >= 0.6 is 0 Å². The number of carbonyl (C=O) groups is 3. The average Bonchev–Trinajstić information content (AvgIpc) is 2.74. The Balaban J connectivity index is 1.70. The minimum atomic E-state index is -0.578. The first kappa shape index (κ1) is 18.2. The molecule has 2 aromatic rings. The van der Waals surface area contributed by atoms with Gasteiger partial charge in [0.2, 0.25) is 0 Å². The molecule has 4 rings (SSSR count). The van der Waals surface area contributed by atoms with E-state index in [4.69, 9.17) is 4.74 Å². The molecule has 0 saturated carbocycles. The van der Waals surface area contributed by atoms with Crippen molar-refractivity contribution in [1.82, 2.24) is 4.90 Å². The van der Waals surface area contributed by atoms with Gasteiger partial charge in [0.15, 0.2) is 0 Å². The summed E-state index contributed by atoms with van der Waals surface area (Å²) in [7, 11) is 0. The van der Waals surface area contributed by atoms with Crippen LogP contribution in [0.25, 0.3) is 10.8 Å². The first-order chi connectivity index (χ1) is 13.6. The van der Waals surface area contributed by atoms with Crippen molar-refractivity contribution in [3.05, 3.63) is 54.1 Å². The molecule has 1 saturated heterocycles. The summed E-state index contributed by atoms with van der Waals surface area (Å²) in [6.07, 6.45) is 4.59. The van der Waals surface area contributed by atoms with E-state index in [0.717, 1.165) is 53.4 Å². The van der Waals surface area contributed by atoms with Crippen LogP contribution in [0.5, 0.6) is 0 Å². The highest BCUT2D eigenvalue weighted by molar-refractivity contribution is 6.26. The van der Waals surface area contributed by atoms with E-state index in [-0.39, 0.29) is 25.0 Å². The van der Waals surface area contributed by atoms with E-state index in [9.17, 15) is 14.4 Å². The zero-order chi connectivity index (χ0) is 19.7. The standard InChI is InChI=1S/C22H22N2O4/c1-2-19(25)28-14-13-24-21(26)16-8-6-7-15-18(23-11-4-3-5-12-23)10-9-17(20(15)16)22(24)27/h2,6-10H,1,3-5,11-14H2. The number of hydrogen-bond donors (Lipinski definition) is 0. The van der Waals surface area contributed by atoms with Crippen LogP contribution in [0, 0.1) is 0 Å². The molecule has 1 fully saturated rings. The number of rotatable bonds is 5. The molecule has 0 bridgehead atoms. The van der Waals surface area contributed by atoms with Crippen molar-refractivity contribution in [3.8, 4) is 0 Å². The lowest BCUT2D eigenvalue weighted by Gasteiger charge is -2.32. The smallest absolute Gasteiger partial charge is 0.330 e. The Labute approximate surface area is 163 Å². The van der Waals surface area contributed by atoms with Crippen LogP contribution in [0.3, 0.4) is 0 Å². The summed E-state index contributed by atoms with van der Waals surface area (Å²) in [6, 6.07) is 9.39. The molecule has 0 aliphatic carbocycles. The quantitative estimate of drug-likeness (QED) is 0.454. The lowest BCUT2D eigenvalue weighted by molar-refractivity contribution is -0.137. The maximum atomic E-state index is 13.0. The monoisotopic (exact) mass is 378 g/mol. The summed E-state index contributed by atoms with van der Waals surface area (Å²) in [5.41, 5.74) is 2.11. The predicted octanol–water partition coefficient (Wildman–Crippen LogP) is 3.16. The van der Waals surface area contributed by atoms with Gasteiger partial charge in [0.1, 0.15) is 6.61 Å². The number of imide groups is 1. The van der Waals surface area contributed by atoms with Crippen molar-refractivity contribution in [1.29, 1.82) is 0 Å². The van der Waals surface area contributed by atoms with Gasteiger partial charge in [-0.3, -0.25) is 14.5 Å². The highest BCUT2D eigenvalue weighted by atomic mass is 16.5. The first-order valence-electron chi connectivity index (χ1n) is 9.58. The molecule has 144 valence electrons. The van der Waals surface area contributed by atoms with Crippen LogP contribution in [0.15, 0.2) is 43.0 Å². The summed E-state index contributed by atoms with van der Waals surface area (Å²) in [6.45, 7) is 5.27. The van der Waals surface area contributed by atoms with Gasteiger partial charge in [0.05, 0.1) is 6.54 Å². The van der Waals surface area contributed by atoms with Crippen LogP contribution < -0.4 is 4.90 Å². The second-order valence-corrected chi connectivity index (χ2v) is 7.04. The average molecular weight is 378 g/mol. The van der Waals surface area contributed by atoms with Crippen LogP contribution in [0.2, 0.25) is 0 Å². The third-order valence-corrected chi connectivity index (χ3v) is 5.39. The van der Waals surface area contributed by atoms with Gasteiger partial charge in [0.25, 0.3) is 11.8 Å². The molecule has 0 spiro atoms. The molecule has 2 aliphatic rings. The van der Waals surface area contributed by atoms with Gasteiger partial charge in [-0.25, -0.2) is 4.79 Å². The fraction of sp³-hybridized carbons (Fsp3) is 0.318. The van der Waals surface area contributed by atoms with Crippen molar-refractivity contribution in [2.45, 2.75) is 19.3 Å². The Kier molecular flexibility index (Phi) is 4.86. The Morgan fingerprint density at radius 2 is 1.75 bits per heavy atom. The number of amides is 2. The molecule has 6 nitrogen and oxygen atoms in total. The van der Waals surface area contributed by atoms with E-state index in [0.29, 0.717) is 11.1 Å². The van der Waals surface area contributed by atoms with E-state index in [1.54, 1.807) is 6.07 Å². The molecule has 0 N–H and O–H groups in total. The van der Waals surface area contributed by atoms with Gasteiger partial charge in [0, 0.05) is 46.8 Å². The van der Waals surface area contributed by atoms with Gasteiger partial charge < -0.3 is 9.64 Å². The minimum absolute atomic E-state index is 0.0148. The molecular formula is C22H22N2O4. The van der Waals surface area contributed by atoms with Crippen molar-refractivity contribution < 1.29 is 19.1 Å². The largest absolute Gasteiger partial charge is 0.461 e. The molecule has 2 heterocycles. The number of carbonyl (C=O) groups excluding carboxylic acids is 3. The first-order valence-corrected chi connectivity index (χ1v) is 9.58. The SMILES string of the molecule is C=CC(=O)OCCN1C(=O)c2cccc3c(N4CCCCC4)ccc(c23)C1=O. The number of anilines is 1. The minimum Gasteiger partial charge on any atom is -0.461 e. The van der Waals surface area contributed by atoms with Crippen LogP contribution in [-0.4, -0.2) is 48.9 Å². The van der Waals surface area contributed by atoms with E-state index in [2.05, 4.69) is 11.5 Å².